The molecule has 1 heterocycles. The topological polar surface area (TPSA) is 27.7 Å². The van der Waals surface area contributed by atoms with Gasteiger partial charge in [-0.25, -0.2) is 0 Å². The van der Waals surface area contributed by atoms with Gasteiger partial charge in [-0.15, -0.1) is 0 Å². The average Bonchev–Trinajstić information content (AvgIpc) is 2.58. The lowest BCUT2D eigenvalue weighted by Crippen LogP contribution is -2.02. The molecule has 0 spiro atoms. The van der Waals surface area contributed by atoms with Crippen molar-refractivity contribution in [1.82, 2.24) is 0 Å². The van der Waals surface area contributed by atoms with E-state index in [1.54, 1.807) is 7.11 Å². The second-order valence-electron chi connectivity index (χ2n) is 3.33. The molecule has 0 bridgehead atoms. The Morgan fingerprint density at radius 2 is 2.36 bits per heavy atom. The van der Waals surface area contributed by atoms with Crippen molar-refractivity contribution in [2.75, 3.05) is 13.9 Å². The molecular weight excluding hydrogens is 180 g/mol. The van der Waals surface area contributed by atoms with Crippen LogP contribution in [0.2, 0.25) is 0 Å². The maximum absolute atomic E-state index is 5.52. The molecule has 0 saturated heterocycles. The molecule has 0 aromatic heterocycles. The fraction of sp³-hybridized carbons (Fsp3) is 0.455. The van der Waals surface area contributed by atoms with Gasteiger partial charge in [0.25, 0.3) is 0 Å². The van der Waals surface area contributed by atoms with Crippen molar-refractivity contribution < 1.29 is 14.2 Å². The molecule has 1 aliphatic heterocycles. The molecule has 2 rings (SSSR count). The molecular formula is C11H14O3. The van der Waals surface area contributed by atoms with Gasteiger partial charge in [-0.3, -0.25) is 0 Å². The van der Waals surface area contributed by atoms with Crippen LogP contribution >= 0.6 is 0 Å². The molecule has 0 amide bonds. The van der Waals surface area contributed by atoms with Gasteiger partial charge in [0.15, 0.2) is 6.79 Å². The maximum atomic E-state index is 5.52. The van der Waals surface area contributed by atoms with E-state index in [2.05, 4.69) is 6.07 Å². The zero-order valence-corrected chi connectivity index (χ0v) is 8.45. The molecule has 14 heavy (non-hydrogen) atoms. The van der Waals surface area contributed by atoms with Gasteiger partial charge in [0, 0.05) is 12.7 Å². The molecule has 0 saturated carbocycles. The average molecular weight is 194 g/mol. The van der Waals surface area contributed by atoms with Crippen LogP contribution < -0.4 is 4.74 Å². The van der Waals surface area contributed by atoms with E-state index in [0.717, 1.165) is 11.3 Å². The predicted molar refractivity (Wildman–Crippen MR) is 52.2 cm³/mol. The van der Waals surface area contributed by atoms with Gasteiger partial charge in [-0.05, 0) is 18.6 Å². The standard InChI is InChI=1S/C11H14O3/c1-8-11-9(6-13-8)4-3-5-10(11)14-7-12-2/h3-5,8H,6-7H2,1-2H3/t8-/m1/s1. The summed E-state index contributed by atoms with van der Waals surface area (Å²) >= 11 is 0. The molecule has 0 radical (unpaired) electrons. The van der Waals surface area contributed by atoms with E-state index in [0.29, 0.717) is 6.61 Å². The number of hydrogen-bond donors (Lipinski definition) is 0. The van der Waals surface area contributed by atoms with Crippen LogP contribution in [0.3, 0.4) is 0 Å². The predicted octanol–water partition coefficient (Wildman–Crippen LogP) is 2.26. The fourth-order valence-electron chi connectivity index (χ4n) is 1.72. The first-order valence-corrected chi connectivity index (χ1v) is 4.68. The normalized spacial score (nSPS) is 19.4. The van der Waals surface area contributed by atoms with Crippen LogP contribution in [0.5, 0.6) is 5.75 Å². The highest BCUT2D eigenvalue weighted by molar-refractivity contribution is 5.43. The second kappa shape index (κ2) is 3.98. The number of benzene rings is 1. The lowest BCUT2D eigenvalue weighted by Gasteiger charge is -2.11. The van der Waals surface area contributed by atoms with Crippen LogP contribution in [-0.2, 0) is 16.1 Å². The Morgan fingerprint density at radius 3 is 3.14 bits per heavy atom. The summed E-state index contributed by atoms with van der Waals surface area (Å²) < 4.78 is 15.9. The molecule has 3 heteroatoms. The second-order valence-corrected chi connectivity index (χ2v) is 3.33. The van der Waals surface area contributed by atoms with Crippen molar-refractivity contribution in [3.63, 3.8) is 0 Å². The van der Waals surface area contributed by atoms with Gasteiger partial charge in [0.2, 0.25) is 0 Å². The van der Waals surface area contributed by atoms with E-state index in [4.69, 9.17) is 14.2 Å². The van der Waals surface area contributed by atoms with Gasteiger partial charge in [0.05, 0.1) is 12.7 Å². The Morgan fingerprint density at radius 1 is 1.50 bits per heavy atom. The van der Waals surface area contributed by atoms with E-state index in [1.165, 1.54) is 5.56 Å². The van der Waals surface area contributed by atoms with E-state index in [-0.39, 0.29) is 12.9 Å². The minimum Gasteiger partial charge on any atom is -0.467 e. The number of ether oxygens (including phenoxy) is 3. The first kappa shape index (κ1) is 9.49. The molecule has 1 aromatic rings. The zero-order valence-electron chi connectivity index (χ0n) is 8.45. The number of rotatable bonds is 3. The van der Waals surface area contributed by atoms with Crippen LogP contribution in [0.25, 0.3) is 0 Å². The lowest BCUT2D eigenvalue weighted by molar-refractivity contribution is 0.0457. The molecule has 1 atom stereocenters. The summed E-state index contributed by atoms with van der Waals surface area (Å²) in [5, 5.41) is 0. The first-order chi connectivity index (χ1) is 6.83. The Bertz CT molecular complexity index is 322. The minimum absolute atomic E-state index is 0.123. The SMILES string of the molecule is COCOc1cccc2c1[C@@H](C)OC2. The van der Waals surface area contributed by atoms with Crippen LogP contribution in [0.4, 0.5) is 0 Å². The zero-order chi connectivity index (χ0) is 9.97. The lowest BCUT2D eigenvalue weighted by atomic mass is 10.1. The van der Waals surface area contributed by atoms with Gasteiger partial charge in [-0.2, -0.15) is 0 Å². The number of fused-ring (bicyclic) bond motifs is 1. The van der Waals surface area contributed by atoms with Gasteiger partial charge < -0.3 is 14.2 Å². The Kier molecular flexibility index (Phi) is 2.70. The van der Waals surface area contributed by atoms with E-state index in [1.807, 2.05) is 19.1 Å². The smallest absolute Gasteiger partial charge is 0.188 e. The summed E-state index contributed by atoms with van der Waals surface area (Å²) in [6, 6.07) is 5.99. The van der Waals surface area contributed by atoms with Gasteiger partial charge >= 0.3 is 0 Å². The van der Waals surface area contributed by atoms with Crippen LogP contribution in [0.15, 0.2) is 18.2 Å². The highest BCUT2D eigenvalue weighted by Gasteiger charge is 2.22. The van der Waals surface area contributed by atoms with Crippen molar-refractivity contribution in [2.45, 2.75) is 19.6 Å². The number of hydrogen-bond acceptors (Lipinski definition) is 3. The summed E-state index contributed by atoms with van der Waals surface area (Å²) in [4.78, 5) is 0. The Balaban J connectivity index is 2.27. The third-order valence-corrected chi connectivity index (χ3v) is 2.38. The molecule has 0 fully saturated rings. The van der Waals surface area contributed by atoms with Crippen LogP contribution in [-0.4, -0.2) is 13.9 Å². The molecule has 1 aliphatic rings. The summed E-state index contributed by atoms with van der Waals surface area (Å²) in [7, 11) is 1.61. The van der Waals surface area contributed by atoms with E-state index < -0.39 is 0 Å². The maximum Gasteiger partial charge on any atom is 0.188 e. The monoisotopic (exact) mass is 194 g/mol. The quantitative estimate of drug-likeness (QED) is 0.691. The Hall–Kier alpha value is -1.06. The third-order valence-electron chi connectivity index (χ3n) is 2.38. The molecule has 0 aliphatic carbocycles. The largest absolute Gasteiger partial charge is 0.467 e. The molecule has 0 unspecified atom stereocenters. The van der Waals surface area contributed by atoms with Crippen molar-refractivity contribution in [1.29, 1.82) is 0 Å². The highest BCUT2D eigenvalue weighted by Crippen LogP contribution is 2.36. The summed E-state index contributed by atoms with van der Waals surface area (Å²) in [6.45, 7) is 3.00. The third kappa shape index (κ3) is 1.61. The Labute approximate surface area is 83.6 Å². The van der Waals surface area contributed by atoms with Crippen molar-refractivity contribution >= 4 is 0 Å². The number of methoxy groups -OCH3 is 1. The first-order valence-electron chi connectivity index (χ1n) is 4.68. The molecule has 76 valence electrons. The van der Waals surface area contributed by atoms with Crippen molar-refractivity contribution in [3.05, 3.63) is 29.3 Å². The summed E-state index contributed by atoms with van der Waals surface area (Å²) in [6.07, 6.45) is 0.123. The highest BCUT2D eigenvalue weighted by atomic mass is 16.7. The summed E-state index contributed by atoms with van der Waals surface area (Å²) in [5.74, 6) is 0.870. The van der Waals surface area contributed by atoms with Gasteiger partial charge in [0.1, 0.15) is 5.75 Å². The van der Waals surface area contributed by atoms with Gasteiger partial charge in [-0.1, -0.05) is 12.1 Å². The fourth-order valence-corrected chi connectivity index (χ4v) is 1.72. The summed E-state index contributed by atoms with van der Waals surface area (Å²) in [5.41, 5.74) is 2.37. The van der Waals surface area contributed by atoms with E-state index in [9.17, 15) is 0 Å². The van der Waals surface area contributed by atoms with Crippen LogP contribution in [0.1, 0.15) is 24.2 Å². The van der Waals surface area contributed by atoms with Crippen molar-refractivity contribution in [2.24, 2.45) is 0 Å². The van der Waals surface area contributed by atoms with Crippen LogP contribution in [0, 0.1) is 0 Å². The molecule has 0 N–H and O–H groups in total. The van der Waals surface area contributed by atoms with Crippen molar-refractivity contribution in [3.8, 4) is 5.75 Å². The molecule has 1 aromatic carbocycles. The van der Waals surface area contributed by atoms with E-state index >= 15 is 0 Å². The minimum atomic E-state index is 0.123. The molecule has 3 nitrogen and oxygen atoms in total.